The largest absolute Gasteiger partial charge is 0.459 e. The third-order valence-electron chi connectivity index (χ3n) is 15.2. The van der Waals surface area contributed by atoms with Crippen LogP contribution in [0.15, 0.2) is 193 Å². The van der Waals surface area contributed by atoms with Crippen molar-refractivity contribution in [3.8, 4) is 17.2 Å². The molecule has 1 fully saturated rings. The second-order valence-corrected chi connectivity index (χ2v) is 20.1. The number of benzene rings is 7. The van der Waals surface area contributed by atoms with Gasteiger partial charge in [-0.3, -0.25) is 4.90 Å². The Kier molecular flexibility index (Phi) is 17.2. The number of aliphatic hydroxyl groups is 2. The Hall–Kier alpha value is -7.28. The third-order valence-corrected chi connectivity index (χ3v) is 15.2. The highest BCUT2D eigenvalue weighted by Gasteiger charge is 2.66. The van der Waals surface area contributed by atoms with Gasteiger partial charge in [0.1, 0.15) is 36.5 Å². The number of oxime groups is 1. The number of aliphatic hydroxyl groups excluding tert-OH is 2. The van der Waals surface area contributed by atoms with E-state index in [1.807, 2.05) is 109 Å². The summed E-state index contributed by atoms with van der Waals surface area (Å²) in [6.07, 6.45) is 8.23. The molecule has 0 aromatic heterocycles. The number of nitrogens with zero attached hydrogens (tertiary/aromatic N) is 2. The van der Waals surface area contributed by atoms with E-state index in [4.69, 9.17) is 33.7 Å². The van der Waals surface area contributed by atoms with Crippen LogP contribution in [0.1, 0.15) is 73.1 Å². The summed E-state index contributed by atoms with van der Waals surface area (Å²) in [6.45, 7) is 5.38. The maximum Gasteiger partial charge on any atom is 0.410 e. The molecule has 76 heavy (non-hydrogen) atoms. The molecule has 2 N–H and O–H groups in total. The molecule has 1 aliphatic heterocycles. The molecule has 7 aromatic carbocycles. The molecule has 0 bridgehead atoms. The minimum Gasteiger partial charge on any atom is -0.459 e. The molecule has 11 nitrogen and oxygen atoms in total. The Morgan fingerprint density at radius 3 is 2.18 bits per heavy atom. The lowest BCUT2D eigenvalue weighted by Crippen LogP contribution is -2.70. The van der Waals surface area contributed by atoms with E-state index in [1.54, 1.807) is 11.0 Å². The number of carbonyl (C=O) groups is 1. The molecule has 0 radical (unpaired) electrons. The number of hydrogen-bond donors (Lipinski definition) is 2. The molecule has 1 saturated carbocycles. The van der Waals surface area contributed by atoms with Crippen LogP contribution in [0, 0.1) is 17.8 Å². The highest BCUT2D eigenvalue weighted by molar-refractivity contribution is 6.03. The van der Waals surface area contributed by atoms with Crippen molar-refractivity contribution >= 4 is 33.3 Å². The van der Waals surface area contributed by atoms with E-state index in [0.29, 0.717) is 42.4 Å². The highest BCUT2D eigenvalue weighted by Crippen LogP contribution is 2.62. The predicted octanol–water partition coefficient (Wildman–Crippen LogP) is 13.5. The lowest BCUT2D eigenvalue weighted by molar-refractivity contribution is -0.256. The number of allylic oxidation sites excluding steroid dienone is 1. The van der Waals surface area contributed by atoms with Gasteiger partial charge in [-0.05, 0) is 112 Å². The zero-order valence-corrected chi connectivity index (χ0v) is 43.1. The van der Waals surface area contributed by atoms with Crippen LogP contribution >= 0.6 is 0 Å². The van der Waals surface area contributed by atoms with E-state index in [2.05, 4.69) is 67.3 Å². The second kappa shape index (κ2) is 25.0. The van der Waals surface area contributed by atoms with Crippen molar-refractivity contribution in [1.29, 1.82) is 0 Å². The molecular formula is C65H68N2O9. The molecular weight excluding hydrogens is 953 g/mol. The Bertz CT molecular complexity index is 3120. The summed E-state index contributed by atoms with van der Waals surface area (Å²) in [5.74, 6) is -0.294. The van der Waals surface area contributed by atoms with Crippen LogP contribution in [-0.2, 0) is 38.8 Å². The van der Waals surface area contributed by atoms with Crippen LogP contribution in [0.5, 0.6) is 17.2 Å². The van der Waals surface area contributed by atoms with Gasteiger partial charge in [0.25, 0.3) is 0 Å². The quantitative estimate of drug-likeness (QED) is 0.0345. The van der Waals surface area contributed by atoms with Gasteiger partial charge in [0.05, 0.1) is 38.0 Å². The van der Waals surface area contributed by atoms with Crippen LogP contribution < -0.4 is 9.47 Å². The summed E-state index contributed by atoms with van der Waals surface area (Å²) in [4.78, 5) is 23.6. The van der Waals surface area contributed by atoms with Crippen molar-refractivity contribution in [2.75, 3.05) is 33.0 Å². The average Bonchev–Trinajstić information content (AvgIpc) is 3.47. The van der Waals surface area contributed by atoms with Crippen molar-refractivity contribution < 1.29 is 43.5 Å². The van der Waals surface area contributed by atoms with E-state index >= 15 is 4.79 Å². The number of unbranched alkanes of at least 4 members (excludes halogenated alkanes) is 2. The Balaban J connectivity index is 1.13. The fraction of sp³-hybridized carbons (Fsp3) is 0.323. The summed E-state index contributed by atoms with van der Waals surface area (Å²) in [6, 6.07) is 53.7. The molecule has 1 amide bonds. The van der Waals surface area contributed by atoms with Gasteiger partial charge in [-0.2, -0.15) is 0 Å². The first-order chi connectivity index (χ1) is 37.5. The topological polar surface area (TPSA) is 129 Å². The minimum atomic E-state index is -1.52. The summed E-state index contributed by atoms with van der Waals surface area (Å²) in [5.41, 5.74) is 5.49. The molecule has 10 rings (SSSR count). The molecule has 0 spiro atoms. The Morgan fingerprint density at radius 1 is 0.724 bits per heavy atom. The molecule has 6 atom stereocenters. The van der Waals surface area contributed by atoms with Gasteiger partial charge in [-0.1, -0.05) is 164 Å². The molecule has 11 heteroatoms. The van der Waals surface area contributed by atoms with Gasteiger partial charge >= 0.3 is 6.09 Å². The van der Waals surface area contributed by atoms with Crippen molar-refractivity contribution in [2.24, 2.45) is 22.9 Å². The van der Waals surface area contributed by atoms with E-state index in [1.165, 1.54) is 0 Å². The van der Waals surface area contributed by atoms with Crippen LogP contribution in [0.3, 0.4) is 0 Å². The summed E-state index contributed by atoms with van der Waals surface area (Å²) in [5, 5.41) is 29.6. The molecule has 3 aliphatic rings. The van der Waals surface area contributed by atoms with Gasteiger partial charge in [0, 0.05) is 31.1 Å². The fourth-order valence-electron chi connectivity index (χ4n) is 11.8. The second-order valence-electron chi connectivity index (χ2n) is 20.1. The van der Waals surface area contributed by atoms with Gasteiger partial charge < -0.3 is 38.7 Å². The van der Waals surface area contributed by atoms with Gasteiger partial charge in [-0.15, -0.1) is 6.58 Å². The molecule has 7 aromatic rings. The molecule has 2 aliphatic carbocycles. The van der Waals surface area contributed by atoms with E-state index in [0.717, 1.165) is 75.1 Å². The van der Waals surface area contributed by atoms with Crippen LogP contribution in [-0.4, -0.2) is 71.8 Å². The zero-order valence-electron chi connectivity index (χ0n) is 43.1. The summed E-state index contributed by atoms with van der Waals surface area (Å²) >= 11 is 0. The third kappa shape index (κ3) is 11.7. The first-order valence-corrected chi connectivity index (χ1v) is 26.9. The van der Waals surface area contributed by atoms with Crippen LogP contribution in [0.25, 0.3) is 21.5 Å². The maximum absolute atomic E-state index is 15.4. The fourth-order valence-corrected chi connectivity index (χ4v) is 11.8. The normalized spacial score (nSPS) is 21.0. The highest BCUT2D eigenvalue weighted by atomic mass is 16.7. The Labute approximate surface area is 446 Å². The smallest absolute Gasteiger partial charge is 0.410 e. The van der Waals surface area contributed by atoms with E-state index < -0.39 is 23.8 Å². The van der Waals surface area contributed by atoms with Crippen molar-refractivity contribution in [2.45, 2.75) is 82.5 Å². The van der Waals surface area contributed by atoms with Gasteiger partial charge in [-0.25, -0.2) is 4.79 Å². The SMILES string of the molecule is C=CCOC12Oc3ccc(Oc4ccc5ccccc5c4)cc3C3C(CCCCO)C(CCCCO)C=C(C(=NOCc4ccccc4)CC1N(Cc1cccc4ccccc14)C(=O)OCCOCc1ccccc1)C32. The van der Waals surface area contributed by atoms with Crippen LogP contribution in [0.2, 0.25) is 0 Å². The number of amides is 1. The molecule has 0 saturated heterocycles. The number of fused-ring (bicyclic) bond motifs is 4. The summed E-state index contributed by atoms with van der Waals surface area (Å²) in [7, 11) is 0. The first kappa shape index (κ1) is 52.2. The van der Waals surface area contributed by atoms with Gasteiger partial charge in [0.2, 0.25) is 5.79 Å². The standard InChI is InChI=1S/C65H68N2O9/c1-2-36-73-65-61(67(43-52-27-17-26-49-23-11-12-28-55(49)52)64(70)72-38-37-71-44-46-18-5-3-6-19-46)42-59(66-74-45-47-20-7-4-8-21-47)57-40-51(25-13-15-34-68)56(29-14-16-35-69)62(63(57)65)58-41-54(32-33-60(58)76-65)75-53-31-30-48-22-9-10-24-50(48)39-53/h2-12,17-24,26-28,30-33,39-41,51,56,61-63,68-69H,1,13-16,25,29,34-38,42-45H2. The summed E-state index contributed by atoms with van der Waals surface area (Å²) < 4.78 is 34.0. The lowest BCUT2D eigenvalue weighted by Gasteiger charge is -2.59. The number of ether oxygens (including phenoxy) is 5. The lowest BCUT2D eigenvalue weighted by atomic mass is 9.55. The minimum absolute atomic E-state index is 0.00902. The van der Waals surface area contributed by atoms with E-state index in [9.17, 15) is 10.2 Å². The number of hydrogen-bond acceptors (Lipinski definition) is 10. The van der Waals surface area contributed by atoms with Crippen molar-refractivity contribution in [3.05, 3.63) is 210 Å². The number of rotatable bonds is 24. The monoisotopic (exact) mass is 1020 g/mol. The van der Waals surface area contributed by atoms with Crippen LogP contribution in [0.4, 0.5) is 4.79 Å². The molecule has 6 unspecified atom stereocenters. The molecule has 392 valence electrons. The average molecular weight is 1020 g/mol. The number of carbonyl (C=O) groups excluding carboxylic acids is 1. The molecule has 1 heterocycles. The predicted molar refractivity (Wildman–Crippen MR) is 297 cm³/mol. The van der Waals surface area contributed by atoms with E-state index in [-0.39, 0.29) is 70.4 Å². The van der Waals surface area contributed by atoms with Crippen molar-refractivity contribution in [3.63, 3.8) is 0 Å². The maximum atomic E-state index is 15.4. The first-order valence-electron chi connectivity index (χ1n) is 26.9. The van der Waals surface area contributed by atoms with Crippen molar-refractivity contribution in [1.82, 2.24) is 4.90 Å². The zero-order chi connectivity index (χ0) is 52.1. The van der Waals surface area contributed by atoms with Gasteiger partial charge in [0.15, 0.2) is 0 Å². The Morgan fingerprint density at radius 2 is 1.41 bits per heavy atom.